The van der Waals surface area contributed by atoms with E-state index in [9.17, 15) is 19.8 Å². The Bertz CT molecular complexity index is 1170. The summed E-state index contributed by atoms with van der Waals surface area (Å²) in [5.74, 6) is -0.512. The zero-order valence-corrected chi connectivity index (χ0v) is 43.8. The predicted molar refractivity (Wildman–Crippen MR) is 287 cm³/mol. The fourth-order valence-electron chi connectivity index (χ4n) is 8.69. The third kappa shape index (κ3) is 48.0. The van der Waals surface area contributed by atoms with Crippen LogP contribution in [0, 0.1) is 0 Å². The van der Waals surface area contributed by atoms with E-state index in [-0.39, 0.29) is 24.9 Å². The van der Waals surface area contributed by atoms with Gasteiger partial charge in [-0.3, -0.25) is 9.59 Å². The summed E-state index contributed by atoms with van der Waals surface area (Å²) in [7, 11) is 0. The molecule has 384 valence electrons. The number of carbonyl (C=O) groups excluding carboxylic acids is 2. The number of allylic oxidation sites excluding steroid dienone is 10. The van der Waals surface area contributed by atoms with Crippen LogP contribution >= 0.6 is 0 Å². The van der Waals surface area contributed by atoms with Crippen LogP contribution in [0.5, 0.6) is 0 Å². The molecule has 0 aliphatic heterocycles. The van der Waals surface area contributed by atoms with E-state index in [0.717, 1.165) is 70.6 Å². The molecule has 0 aliphatic rings. The van der Waals surface area contributed by atoms with E-state index in [4.69, 9.17) is 4.74 Å². The Morgan fingerprint density at radius 3 is 1.23 bits per heavy atom. The Balaban J connectivity index is 4.61. The average molecular weight is 925 g/mol. The molecule has 0 fully saturated rings. The van der Waals surface area contributed by atoms with Gasteiger partial charge in [-0.05, 0) is 44.9 Å². The fraction of sp³-hybridized carbons (Fsp3) is 0.800. The number of unbranched alkanes of at least 4 members (excludes halogenated alkanes) is 33. The van der Waals surface area contributed by atoms with Gasteiger partial charge in [0.15, 0.2) is 0 Å². The third-order valence-electron chi connectivity index (χ3n) is 13.0. The van der Waals surface area contributed by atoms with Crippen molar-refractivity contribution >= 4 is 11.9 Å². The maximum atomic E-state index is 13.3. The quantitative estimate of drug-likeness (QED) is 0.0321. The van der Waals surface area contributed by atoms with E-state index in [1.165, 1.54) is 167 Å². The Hall–Kier alpha value is -2.44. The Morgan fingerprint density at radius 1 is 0.455 bits per heavy atom. The highest BCUT2D eigenvalue weighted by Crippen LogP contribution is 2.19. The van der Waals surface area contributed by atoms with Gasteiger partial charge in [0.25, 0.3) is 0 Å². The number of hydrogen-bond acceptors (Lipinski definition) is 5. The lowest BCUT2D eigenvalue weighted by atomic mass is 10.0. The summed E-state index contributed by atoms with van der Waals surface area (Å²) < 4.78 is 5.94. The molecule has 3 atom stereocenters. The molecule has 0 bridgehead atoms. The molecule has 66 heavy (non-hydrogen) atoms. The van der Waals surface area contributed by atoms with Gasteiger partial charge in [-0.15, -0.1) is 0 Å². The van der Waals surface area contributed by atoms with Gasteiger partial charge in [0, 0.05) is 6.42 Å². The maximum absolute atomic E-state index is 13.3. The van der Waals surface area contributed by atoms with Crippen molar-refractivity contribution in [3.63, 3.8) is 0 Å². The summed E-state index contributed by atoms with van der Waals surface area (Å²) in [6.45, 7) is 6.36. The van der Waals surface area contributed by atoms with Crippen LogP contribution < -0.4 is 5.32 Å². The molecule has 0 aliphatic carbocycles. The minimum atomic E-state index is -0.796. The Morgan fingerprint density at radius 2 is 0.818 bits per heavy atom. The van der Waals surface area contributed by atoms with Gasteiger partial charge >= 0.3 is 5.97 Å². The zero-order chi connectivity index (χ0) is 48.1. The lowest BCUT2D eigenvalue weighted by Gasteiger charge is -2.24. The summed E-state index contributed by atoms with van der Waals surface area (Å²) in [5.41, 5.74) is 0. The van der Waals surface area contributed by atoms with Gasteiger partial charge in [-0.1, -0.05) is 287 Å². The highest BCUT2D eigenvalue weighted by Gasteiger charge is 2.24. The van der Waals surface area contributed by atoms with Gasteiger partial charge in [-0.2, -0.15) is 0 Å². The van der Waals surface area contributed by atoms with Crippen molar-refractivity contribution in [2.24, 2.45) is 0 Å². The van der Waals surface area contributed by atoms with E-state index in [2.05, 4.69) is 50.4 Å². The number of hydrogen-bond donors (Lipinski definition) is 3. The molecule has 0 rings (SSSR count). The van der Waals surface area contributed by atoms with Crippen LogP contribution in [0.25, 0.3) is 0 Å². The number of nitrogens with one attached hydrogen (secondary N) is 1. The number of aliphatic hydroxyl groups excluding tert-OH is 2. The van der Waals surface area contributed by atoms with Crippen molar-refractivity contribution in [1.82, 2.24) is 5.32 Å². The normalized spacial score (nSPS) is 13.6. The average Bonchev–Trinajstić information content (AvgIpc) is 3.31. The molecular weight excluding hydrogens is 815 g/mol. The van der Waals surface area contributed by atoms with Crippen molar-refractivity contribution < 1.29 is 24.5 Å². The van der Waals surface area contributed by atoms with Gasteiger partial charge in [-0.25, -0.2) is 0 Å². The lowest BCUT2D eigenvalue weighted by molar-refractivity contribution is -0.151. The van der Waals surface area contributed by atoms with E-state index in [1.807, 2.05) is 36.5 Å². The number of rotatable bonds is 51. The molecular formula is C60H109NO5. The van der Waals surface area contributed by atoms with E-state index < -0.39 is 18.2 Å². The fourth-order valence-corrected chi connectivity index (χ4v) is 8.69. The second-order valence-electron chi connectivity index (χ2n) is 19.4. The molecule has 0 aromatic rings. The van der Waals surface area contributed by atoms with Crippen LogP contribution in [-0.2, 0) is 14.3 Å². The van der Waals surface area contributed by atoms with Crippen molar-refractivity contribution in [1.29, 1.82) is 0 Å². The first kappa shape index (κ1) is 63.6. The zero-order valence-electron chi connectivity index (χ0n) is 43.8. The molecule has 1 amide bonds. The van der Waals surface area contributed by atoms with Crippen molar-refractivity contribution in [2.45, 2.75) is 302 Å². The number of ether oxygens (including phenoxy) is 1. The van der Waals surface area contributed by atoms with Gasteiger partial charge in [0.2, 0.25) is 5.91 Å². The van der Waals surface area contributed by atoms with Crippen LogP contribution in [0.1, 0.15) is 284 Å². The summed E-state index contributed by atoms with van der Waals surface area (Å²) in [5, 5.41) is 23.9. The summed E-state index contributed by atoms with van der Waals surface area (Å²) in [6, 6.07) is -0.711. The van der Waals surface area contributed by atoms with E-state index in [1.54, 1.807) is 0 Å². The largest absolute Gasteiger partial charge is 0.462 e. The minimum absolute atomic E-state index is 0.0620. The topological polar surface area (TPSA) is 95.9 Å². The molecule has 0 heterocycles. The van der Waals surface area contributed by atoms with Gasteiger partial charge < -0.3 is 20.3 Å². The molecule has 6 heteroatoms. The molecule has 3 N–H and O–H groups in total. The number of amides is 1. The monoisotopic (exact) mass is 924 g/mol. The number of esters is 1. The molecule has 0 aromatic carbocycles. The van der Waals surface area contributed by atoms with Crippen LogP contribution in [-0.4, -0.2) is 46.9 Å². The number of carbonyl (C=O) groups is 2. The first-order valence-corrected chi connectivity index (χ1v) is 28.6. The van der Waals surface area contributed by atoms with Gasteiger partial charge in [0.1, 0.15) is 6.10 Å². The first-order chi connectivity index (χ1) is 32.5. The highest BCUT2D eigenvalue weighted by atomic mass is 16.5. The van der Waals surface area contributed by atoms with Crippen molar-refractivity contribution in [2.75, 3.05) is 6.61 Å². The Kier molecular flexibility index (Phi) is 51.5. The van der Waals surface area contributed by atoms with Crippen LogP contribution in [0.15, 0.2) is 60.8 Å². The molecule has 0 saturated carbocycles. The Labute approximate surface area is 409 Å². The molecule has 0 spiro atoms. The van der Waals surface area contributed by atoms with E-state index >= 15 is 0 Å². The summed E-state index contributed by atoms with van der Waals surface area (Å²) in [6.07, 6.45) is 67.1. The molecule has 3 unspecified atom stereocenters. The lowest BCUT2D eigenvalue weighted by Crippen LogP contribution is -2.46. The van der Waals surface area contributed by atoms with Crippen molar-refractivity contribution in [3.8, 4) is 0 Å². The van der Waals surface area contributed by atoms with Crippen LogP contribution in [0.2, 0.25) is 0 Å². The van der Waals surface area contributed by atoms with Crippen LogP contribution in [0.4, 0.5) is 0 Å². The molecule has 0 radical (unpaired) electrons. The summed E-state index contributed by atoms with van der Waals surface area (Å²) >= 11 is 0. The summed E-state index contributed by atoms with van der Waals surface area (Å²) in [4.78, 5) is 26.3. The second-order valence-corrected chi connectivity index (χ2v) is 19.4. The maximum Gasteiger partial charge on any atom is 0.306 e. The minimum Gasteiger partial charge on any atom is -0.462 e. The molecule has 6 nitrogen and oxygen atoms in total. The van der Waals surface area contributed by atoms with Gasteiger partial charge in [0.05, 0.1) is 25.2 Å². The molecule has 0 aromatic heterocycles. The van der Waals surface area contributed by atoms with Crippen molar-refractivity contribution in [3.05, 3.63) is 60.8 Å². The first-order valence-electron chi connectivity index (χ1n) is 28.6. The second kappa shape index (κ2) is 53.5. The predicted octanol–water partition coefficient (Wildman–Crippen LogP) is 17.6. The van der Waals surface area contributed by atoms with Crippen LogP contribution in [0.3, 0.4) is 0 Å². The molecule has 0 saturated heterocycles. The number of aliphatic hydroxyl groups is 2. The highest BCUT2D eigenvalue weighted by molar-refractivity contribution is 5.77. The third-order valence-corrected chi connectivity index (χ3v) is 13.0. The smallest absolute Gasteiger partial charge is 0.306 e. The SMILES string of the molecule is CC/C=C/C=C/C=C\C=C/C=C/CCCCCC(=O)OC(CCCCCCCCCCCCCCCCCCC)CC(=O)NC(CO)C(O)CCCCCCCCCCCCCCCCC. The standard InChI is InChI=1S/C60H109NO5/c1-4-7-10-13-16-19-22-25-28-29-32-33-36-39-42-45-48-51-56(66-60(65)53-50-47-44-41-38-35-31-27-24-21-18-15-12-9-6-3)54-59(64)61-57(55-62)58(63)52-49-46-43-40-37-34-30-26-23-20-17-14-11-8-5-2/h9,12,15,18,21,24,27,31,35,38,56-58,62-63H,4-8,10-11,13-14,16-17,19-20,22-23,25-26,28-30,32-34,36-37,39-55H2,1-3H3,(H,61,64)/b12-9+,18-15+,24-21-,31-27-,38-35+. The van der Waals surface area contributed by atoms with E-state index in [0.29, 0.717) is 19.3 Å².